The van der Waals surface area contributed by atoms with Crippen LogP contribution in [-0.2, 0) is 16.0 Å². The third-order valence-electron chi connectivity index (χ3n) is 3.65. The molecule has 0 atom stereocenters. The van der Waals surface area contributed by atoms with Crippen LogP contribution in [0.1, 0.15) is 31.5 Å². The van der Waals surface area contributed by atoms with Gasteiger partial charge in [-0.15, -0.1) is 0 Å². The number of para-hydroxylation sites is 1. The second kappa shape index (κ2) is 9.02. The minimum atomic E-state index is -0.873. The number of amides is 2. The highest BCUT2D eigenvalue weighted by Crippen LogP contribution is 2.17. The fourth-order valence-corrected chi connectivity index (χ4v) is 2.34. The third-order valence-corrected chi connectivity index (χ3v) is 3.65. The zero-order chi connectivity index (χ0) is 19.1. The molecule has 1 N–H and O–H groups in total. The van der Waals surface area contributed by atoms with Gasteiger partial charge in [0, 0.05) is 19.4 Å². The molecule has 0 bridgehead atoms. The highest BCUT2D eigenvalue weighted by Gasteiger charge is 2.18. The van der Waals surface area contributed by atoms with E-state index >= 15 is 0 Å². The van der Waals surface area contributed by atoms with Gasteiger partial charge in [0.15, 0.2) is 5.82 Å². The number of aromatic nitrogens is 2. The van der Waals surface area contributed by atoms with Crippen LogP contribution >= 0.6 is 0 Å². The lowest BCUT2D eigenvalue weighted by Crippen LogP contribution is -2.38. The molecule has 0 saturated heterocycles. The summed E-state index contributed by atoms with van der Waals surface area (Å²) >= 11 is 0. The van der Waals surface area contributed by atoms with Crippen molar-refractivity contribution in [1.29, 1.82) is 0 Å². The summed E-state index contributed by atoms with van der Waals surface area (Å²) in [5.74, 6) is -1.68. The summed E-state index contributed by atoms with van der Waals surface area (Å²) in [6.07, 6.45) is 1.13. The van der Waals surface area contributed by atoms with Gasteiger partial charge in [-0.25, -0.2) is 8.78 Å². The van der Waals surface area contributed by atoms with Crippen LogP contribution in [0.15, 0.2) is 22.7 Å². The molecule has 2 rings (SSSR count). The van der Waals surface area contributed by atoms with Gasteiger partial charge in [0.2, 0.25) is 17.7 Å². The Hall–Kier alpha value is -2.84. The molecule has 140 valence electrons. The lowest BCUT2D eigenvalue weighted by molar-refractivity contribution is -0.134. The molecule has 0 fully saturated rings. The van der Waals surface area contributed by atoms with Gasteiger partial charge in [0.05, 0.1) is 6.54 Å². The molecule has 2 aromatic rings. The van der Waals surface area contributed by atoms with Crippen molar-refractivity contribution in [2.24, 2.45) is 0 Å². The predicted molar refractivity (Wildman–Crippen MR) is 89.2 cm³/mol. The van der Waals surface area contributed by atoms with E-state index in [-0.39, 0.29) is 18.9 Å². The van der Waals surface area contributed by atoms with E-state index in [1.54, 1.807) is 13.8 Å². The number of benzene rings is 1. The number of nitrogens with zero attached hydrogens (tertiary/aromatic N) is 3. The van der Waals surface area contributed by atoms with Gasteiger partial charge < -0.3 is 14.7 Å². The molecule has 0 aliphatic heterocycles. The zero-order valence-electron chi connectivity index (χ0n) is 14.6. The summed E-state index contributed by atoms with van der Waals surface area (Å²) in [7, 11) is 0. The molecule has 9 heteroatoms. The van der Waals surface area contributed by atoms with Gasteiger partial charge in [0.25, 0.3) is 0 Å². The Labute approximate surface area is 149 Å². The standard InChI is InChI=1S/C17H20F2N4O3/c1-3-23(16(25)9-5-8-15-20-11(2)22-26-15)10-14(24)21-17-12(18)6-4-7-13(17)19/h4,6-7H,3,5,8-10H2,1-2H3,(H,21,24). The number of carbonyl (C=O) groups excluding carboxylic acids is 2. The first kappa shape index (κ1) is 19.5. The van der Waals surface area contributed by atoms with E-state index < -0.39 is 23.2 Å². The van der Waals surface area contributed by atoms with E-state index in [0.717, 1.165) is 12.1 Å². The maximum absolute atomic E-state index is 13.6. The third kappa shape index (κ3) is 5.33. The average molecular weight is 366 g/mol. The smallest absolute Gasteiger partial charge is 0.244 e. The molecule has 7 nitrogen and oxygen atoms in total. The minimum Gasteiger partial charge on any atom is -0.339 e. The van der Waals surface area contributed by atoms with Crippen molar-refractivity contribution in [3.8, 4) is 0 Å². The van der Waals surface area contributed by atoms with E-state index in [1.165, 1.54) is 11.0 Å². The molecule has 1 aromatic heterocycles. The fourth-order valence-electron chi connectivity index (χ4n) is 2.34. The molecular weight excluding hydrogens is 346 g/mol. The van der Waals surface area contributed by atoms with Crippen molar-refractivity contribution in [2.75, 3.05) is 18.4 Å². The highest BCUT2D eigenvalue weighted by atomic mass is 19.1. The molecule has 0 unspecified atom stereocenters. The van der Waals surface area contributed by atoms with Crippen molar-refractivity contribution >= 4 is 17.5 Å². The Kier molecular flexibility index (Phi) is 6.76. The monoisotopic (exact) mass is 366 g/mol. The minimum absolute atomic E-state index is 0.191. The van der Waals surface area contributed by atoms with E-state index in [2.05, 4.69) is 15.5 Å². The van der Waals surface area contributed by atoms with Crippen LogP contribution in [0.3, 0.4) is 0 Å². The molecule has 0 spiro atoms. The number of nitrogens with one attached hydrogen (secondary N) is 1. The predicted octanol–water partition coefficient (Wildman–Crippen LogP) is 2.47. The number of anilines is 1. The molecule has 0 radical (unpaired) electrons. The molecule has 26 heavy (non-hydrogen) atoms. The molecular formula is C17H20F2N4O3. The summed E-state index contributed by atoms with van der Waals surface area (Å²) in [6, 6.07) is 3.29. The van der Waals surface area contributed by atoms with Crippen molar-refractivity contribution in [2.45, 2.75) is 33.1 Å². The Morgan fingerprint density at radius 1 is 1.27 bits per heavy atom. The summed E-state index contributed by atoms with van der Waals surface area (Å²) < 4.78 is 32.1. The SMILES string of the molecule is CCN(CC(=O)Nc1c(F)cccc1F)C(=O)CCCc1nc(C)no1. The van der Waals surface area contributed by atoms with Crippen molar-refractivity contribution in [1.82, 2.24) is 15.0 Å². The van der Waals surface area contributed by atoms with E-state index in [9.17, 15) is 18.4 Å². The largest absolute Gasteiger partial charge is 0.339 e. The number of halogens is 2. The summed E-state index contributed by atoms with van der Waals surface area (Å²) in [5.41, 5.74) is -0.521. The van der Waals surface area contributed by atoms with Crippen LogP contribution in [-0.4, -0.2) is 39.9 Å². The lowest BCUT2D eigenvalue weighted by Gasteiger charge is -2.20. The quantitative estimate of drug-likeness (QED) is 0.775. The Morgan fingerprint density at radius 3 is 2.54 bits per heavy atom. The van der Waals surface area contributed by atoms with Crippen LogP contribution in [0.2, 0.25) is 0 Å². The number of aryl methyl sites for hydroxylation is 2. The topological polar surface area (TPSA) is 88.3 Å². The molecule has 2 amide bonds. The van der Waals surface area contributed by atoms with Crippen molar-refractivity contribution < 1.29 is 22.9 Å². The van der Waals surface area contributed by atoms with Gasteiger partial charge in [-0.05, 0) is 32.4 Å². The highest BCUT2D eigenvalue weighted by molar-refractivity contribution is 5.94. The number of hydrogen-bond donors (Lipinski definition) is 1. The zero-order valence-corrected chi connectivity index (χ0v) is 14.6. The van der Waals surface area contributed by atoms with Crippen LogP contribution in [0.25, 0.3) is 0 Å². The summed E-state index contributed by atoms with van der Waals surface area (Å²) in [5, 5.41) is 5.83. The molecule has 1 aromatic carbocycles. The molecule has 1 heterocycles. The van der Waals surface area contributed by atoms with Crippen LogP contribution in [0.5, 0.6) is 0 Å². The number of hydrogen-bond acceptors (Lipinski definition) is 5. The fraction of sp³-hybridized carbons (Fsp3) is 0.412. The maximum Gasteiger partial charge on any atom is 0.244 e. The average Bonchev–Trinajstić information content (AvgIpc) is 3.01. The van der Waals surface area contributed by atoms with Crippen molar-refractivity contribution in [3.05, 3.63) is 41.5 Å². The van der Waals surface area contributed by atoms with Gasteiger partial charge in [-0.3, -0.25) is 9.59 Å². The molecule has 0 aliphatic carbocycles. The van der Waals surface area contributed by atoms with E-state index in [1.807, 2.05) is 0 Å². The van der Waals surface area contributed by atoms with Crippen molar-refractivity contribution in [3.63, 3.8) is 0 Å². The van der Waals surface area contributed by atoms with Gasteiger partial charge in [-0.1, -0.05) is 11.2 Å². The van der Waals surface area contributed by atoms with Crippen LogP contribution < -0.4 is 5.32 Å². The maximum atomic E-state index is 13.6. The number of likely N-dealkylation sites (N-methyl/N-ethyl adjacent to an activating group) is 1. The molecule has 0 aliphatic rings. The molecule has 0 saturated carbocycles. The van der Waals surface area contributed by atoms with E-state index in [0.29, 0.717) is 31.1 Å². The number of carbonyl (C=O) groups is 2. The normalized spacial score (nSPS) is 10.6. The van der Waals surface area contributed by atoms with Gasteiger partial charge in [-0.2, -0.15) is 4.98 Å². The Morgan fingerprint density at radius 2 is 1.96 bits per heavy atom. The first-order valence-corrected chi connectivity index (χ1v) is 8.21. The van der Waals surface area contributed by atoms with Crippen LogP contribution in [0, 0.1) is 18.6 Å². The first-order valence-electron chi connectivity index (χ1n) is 8.21. The lowest BCUT2D eigenvalue weighted by atomic mass is 10.2. The van der Waals surface area contributed by atoms with Crippen LogP contribution in [0.4, 0.5) is 14.5 Å². The summed E-state index contributed by atoms with van der Waals surface area (Å²) in [6.45, 7) is 3.43. The van der Waals surface area contributed by atoms with Gasteiger partial charge in [0.1, 0.15) is 17.3 Å². The van der Waals surface area contributed by atoms with E-state index in [4.69, 9.17) is 4.52 Å². The Balaban J connectivity index is 1.85. The Bertz CT molecular complexity index is 759. The second-order valence-electron chi connectivity index (χ2n) is 5.64. The number of rotatable bonds is 8. The first-order chi connectivity index (χ1) is 12.4. The summed E-state index contributed by atoms with van der Waals surface area (Å²) in [4.78, 5) is 29.6. The second-order valence-corrected chi connectivity index (χ2v) is 5.64. The van der Waals surface area contributed by atoms with Gasteiger partial charge >= 0.3 is 0 Å².